The Morgan fingerprint density at radius 3 is 2.76 bits per heavy atom. The van der Waals surface area contributed by atoms with Crippen LogP contribution in [0.15, 0.2) is 11.4 Å². The third kappa shape index (κ3) is 4.06. The number of hydrogen-bond acceptors (Lipinski definition) is 4. The first-order valence-corrected chi connectivity index (χ1v) is 8.23. The lowest BCUT2D eigenvalue weighted by Crippen LogP contribution is -2.38. The molecule has 1 atom stereocenters. The molecule has 1 amide bonds. The van der Waals surface area contributed by atoms with Crippen LogP contribution < -0.4 is 0 Å². The summed E-state index contributed by atoms with van der Waals surface area (Å²) in [5, 5.41) is 2.08. The Labute approximate surface area is 130 Å². The Morgan fingerprint density at radius 2 is 2.10 bits per heavy atom. The number of thiophene rings is 1. The molecule has 0 bridgehead atoms. The van der Waals surface area contributed by atoms with Gasteiger partial charge in [0.15, 0.2) is 0 Å². The average molecular weight is 309 g/mol. The molecule has 0 N–H and O–H groups in total. The summed E-state index contributed by atoms with van der Waals surface area (Å²) in [5.41, 5.74) is 0.751. The van der Waals surface area contributed by atoms with E-state index in [1.807, 2.05) is 25.7 Å². The van der Waals surface area contributed by atoms with Gasteiger partial charge in [0.05, 0.1) is 12.5 Å². The number of ether oxygens (including phenoxy) is 1. The number of carbonyl (C=O) groups is 2. The van der Waals surface area contributed by atoms with Crippen molar-refractivity contribution in [2.45, 2.75) is 58.6 Å². The fraction of sp³-hybridized carbons (Fsp3) is 0.625. The van der Waals surface area contributed by atoms with E-state index < -0.39 is 5.60 Å². The molecule has 0 aromatic carbocycles. The summed E-state index contributed by atoms with van der Waals surface area (Å²) in [7, 11) is 0. The second kappa shape index (κ2) is 6.18. The maximum Gasteiger partial charge on any atom is 0.306 e. The molecule has 1 unspecified atom stereocenters. The number of hydrogen-bond donors (Lipinski definition) is 0. The van der Waals surface area contributed by atoms with Crippen molar-refractivity contribution >= 4 is 23.2 Å². The topological polar surface area (TPSA) is 46.6 Å². The maximum absolute atomic E-state index is 12.3. The number of rotatable bonds is 3. The van der Waals surface area contributed by atoms with Crippen molar-refractivity contribution in [2.24, 2.45) is 0 Å². The predicted octanol–water partition coefficient (Wildman–Crippen LogP) is 3.32. The number of amides is 1. The van der Waals surface area contributed by atoms with Crippen molar-refractivity contribution < 1.29 is 14.3 Å². The molecular weight excluding hydrogens is 286 g/mol. The minimum absolute atomic E-state index is 0.0326. The van der Waals surface area contributed by atoms with Crippen LogP contribution in [0.25, 0.3) is 0 Å². The summed E-state index contributed by atoms with van der Waals surface area (Å²) in [5.74, 6) is -0.276. The Morgan fingerprint density at radius 1 is 1.38 bits per heavy atom. The summed E-state index contributed by atoms with van der Waals surface area (Å²) in [4.78, 5) is 27.3. The van der Waals surface area contributed by atoms with Gasteiger partial charge in [-0.2, -0.15) is 0 Å². The quantitative estimate of drug-likeness (QED) is 0.805. The predicted molar refractivity (Wildman–Crippen MR) is 83.2 cm³/mol. The molecule has 1 aromatic rings. The van der Waals surface area contributed by atoms with Crippen molar-refractivity contribution in [3.05, 3.63) is 21.9 Å². The first-order valence-electron chi connectivity index (χ1n) is 7.35. The monoisotopic (exact) mass is 309 g/mol. The minimum Gasteiger partial charge on any atom is -0.460 e. The van der Waals surface area contributed by atoms with Crippen LogP contribution in [0.5, 0.6) is 0 Å². The lowest BCUT2D eigenvalue weighted by molar-refractivity contribution is -0.156. The van der Waals surface area contributed by atoms with E-state index >= 15 is 0 Å². The van der Waals surface area contributed by atoms with Gasteiger partial charge in [0.2, 0.25) is 5.91 Å². The molecule has 0 spiro atoms. The molecule has 21 heavy (non-hydrogen) atoms. The van der Waals surface area contributed by atoms with Gasteiger partial charge in [-0.15, -0.1) is 11.3 Å². The highest BCUT2D eigenvalue weighted by Gasteiger charge is 2.28. The van der Waals surface area contributed by atoms with Gasteiger partial charge in [-0.25, -0.2) is 0 Å². The first kappa shape index (κ1) is 16.0. The molecule has 1 aliphatic heterocycles. The smallest absolute Gasteiger partial charge is 0.306 e. The van der Waals surface area contributed by atoms with Crippen LogP contribution in [-0.2, 0) is 20.7 Å². The van der Waals surface area contributed by atoms with E-state index in [4.69, 9.17) is 4.74 Å². The van der Waals surface area contributed by atoms with E-state index in [9.17, 15) is 9.59 Å². The van der Waals surface area contributed by atoms with E-state index in [-0.39, 0.29) is 30.8 Å². The van der Waals surface area contributed by atoms with Gasteiger partial charge in [0, 0.05) is 17.8 Å². The normalized spacial score (nSPS) is 18.3. The second-order valence-corrected chi connectivity index (χ2v) is 7.40. The molecule has 2 heterocycles. The van der Waals surface area contributed by atoms with Gasteiger partial charge in [-0.3, -0.25) is 9.59 Å². The van der Waals surface area contributed by atoms with Crippen molar-refractivity contribution in [1.29, 1.82) is 0 Å². The number of carbonyl (C=O) groups excluding carboxylic acids is 2. The number of nitrogens with zero attached hydrogens (tertiary/aromatic N) is 1. The largest absolute Gasteiger partial charge is 0.460 e. The van der Waals surface area contributed by atoms with Crippen LogP contribution >= 0.6 is 11.3 Å². The van der Waals surface area contributed by atoms with E-state index in [2.05, 4.69) is 18.4 Å². The molecule has 2 rings (SSSR count). The first-order chi connectivity index (χ1) is 9.78. The Kier molecular flexibility index (Phi) is 4.71. The van der Waals surface area contributed by atoms with Crippen molar-refractivity contribution in [2.75, 3.05) is 6.54 Å². The van der Waals surface area contributed by atoms with Gasteiger partial charge in [0.25, 0.3) is 0 Å². The maximum atomic E-state index is 12.3. The van der Waals surface area contributed by atoms with E-state index in [0.717, 1.165) is 13.0 Å². The van der Waals surface area contributed by atoms with E-state index in [1.165, 1.54) is 10.4 Å². The molecule has 0 aliphatic carbocycles. The molecule has 4 nitrogen and oxygen atoms in total. The summed E-state index contributed by atoms with van der Waals surface area (Å²) >= 11 is 1.76. The van der Waals surface area contributed by atoms with Gasteiger partial charge in [-0.1, -0.05) is 0 Å². The minimum atomic E-state index is -0.496. The summed E-state index contributed by atoms with van der Waals surface area (Å²) < 4.78 is 5.24. The summed E-state index contributed by atoms with van der Waals surface area (Å²) in [6, 6.07) is 2.20. The molecule has 0 radical (unpaired) electrons. The second-order valence-electron chi connectivity index (χ2n) is 6.40. The zero-order valence-corrected chi connectivity index (χ0v) is 14.0. The highest BCUT2D eigenvalue weighted by Crippen LogP contribution is 2.33. The molecule has 1 aromatic heterocycles. The van der Waals surface area contributed by atoms with Crippen molar-refractivity contribution in [3.63, 3.8) is 0 Å². The van der Waals surface area contributed by atoms with Crippen LogP contribution in [-0.4, -0.2) is 28.9 Å². The Bertz CT molecular complexity index is 530. The van der Waals surface area contributed by atoms with Crippen LogP contribution in [0.3, 0.4) is 0 Å². The fourth-order valence-electron chi connectivity index (χ4n) is 2.60. The number of esters is 1. The summed E-state index contributed by atoms with van der Waals surface area (Å²) in [6.45, 7) is 8.28. The molecule has 0 fully saturated rings. The molecule has 116 valence electrons. The molecular formula is C16H23NO3S. The summed E-state index contributed by atoms with van der Waals surface area (Å²) in [6.07, 6.45) is 1.28. The molecule has 5 heteroatoms. The van der Waals surface area contributed by atoms with Crippen LogP contribution in [0, 0.1) is 0 Å². The van der Waals surface area contributed by atoms with Gasteiger partial charge in [-0.05, 0) is 51.1 Å². The molecule has 0 saturated carbocycles. The van der Waals surface area contributed by atoms with Crippen LogP contribution in [0.4, 0.5) is 0 Å². The Hall–Kier alpha value is -1.36. The van der Waals surface area contributed by atoms with Gasteiger partial charge < -0.3 is 9.64 Å². The van der Waals surface area contributed by atoms with Crippen LogP contribution in [0.2, 0.25) is 0 Å². The standard InChI is InChI=1S/C16H23NO3S/c1-11-12-8-10-21-13(12)7-9-17(11)14(18)5-6-15(19)20-16(2,3)4/h8,10-11H,5-7,9H2,1-4H3. The average Bonchev–Trinajstić information content (AvgIpc) is 2.83. The molecule has 0 saturated heterocycles. The van der Waals surface area contributed by atoms with Crippen LogP contribution in [0.1, 0.15) is 57.0 Å². The third-order valence-corrected chi connectivity index (χ3v) is 4.56. The van der Waals surface area contributed by atoms with E-state index in [0.29, 0.717) is 0 Å². The van der Waals surface area contributed by atoms with E-state index in [1.54, 1.807) is 11.3 Å². The number of fused-ring (bicyclic) bond motifs is 1. The Balaban J connectivity index is 1.89. The zero-order valence-electron chi connectivity index (χ0n) is 13.1. The SMILES string of the molecule is CC1c2ccsc2CCN1C(=O)CCC(=O)OC(C)(C)C. The fourth-order valence-corrected chi connectivity index (χ4v) is 3.56. The highest BCUT2D eigenvalue weighted by molar-refractivity contribution is 7.10. The van der Waals surface area contributed by atoms with Crippen molar-refractivity contribution in [3.8, 4) is 0 Å². The lowest BCUT2D eigenvalue weighted by atomic mass is 10.0. The zero-order chi connectivity index (χ0) is 15.6. The van der Waals surface area contributed by atoms with Gasteiger partial charge in [0.1, 0.15) is 5.60 Å². The van der Waals surface area contributed by atoms with Gasteiger partial charge >= 0.3 is 5.97 Å². The lowest BCUT2D eigenvalue weighted by Gasteiger charge is -2.33. The van der Waals surface area contributed by atoms with Crippen molar-refractivity contribution in [1.82, 2.24) is 4.90 Å². The third-order valence-electron chi connectivity index (χ3n) is 3.56. The molecule has 1 aliphatic rings. The highest BCUT2D eigenvalue weighted by atomic mass is 32.1.